The molecule has 0 aliphatic heterocycles. The number of hydrogen-bond acceptors (Lipinski definition) is 3. The zero-order valence-electron chi connectivity index (χ0n) is 12.6. The van der Waals surface area contributed by atoms with Gasteiger partial charge in [0.15, 0.2) is 0 Å². The van der Waals surface area contributed by atoms with E-state index in [9.17, 15) is 9.59 Å². The Morgan fingerprint density at radius 2 is 1.95 bits per heavy atom. The molecule has 0 aliphatic rings. The highest BCUT2D eigenvalue weighted by atomic mass is 16.5. The Kier molecular flexibility index (Phi) is 6.46. The molecule has 1 N–H and O–H groups in total. The van der Waals surface area contributed by atoms with Crippen molar-refractivity contribution < 1.29 is 19.4 Å². The van der Waals surface area contributed by atoms with Gasteiger partial charge in [-0.2, -0.15) is 0 Å². The van der Waals surface area contributed by atoms with E-state index < -0.39 is 11.9 Å². The number of rotatable bonds is 7. The van der Waals surface area contributed by atoms with Gasteiger partial charge >= 0.3 is 5.97 Å². The average molecular weight is 291 g/mol. The number of aliphatic carboxylic acids is 1. The van der Waals surface area contributed by atoms with Gasteiger partial charge in [-0.25, -0.2) is 0 Å². The number of ether oxygens (including phenoxy) is 1. The molecule has 0 fully saturated rings. The van der Waals surface area contributed by atoms with Crippen molar-refractivity contribution in [3.63, 3.8) is 0 Å². The first-order valence-corrected chi connectivity index (χ1v) is 6.83. The number of carbonyl (C=O) groups excluding carboxylic acids is 1. The number of hydrogen-bond donors (Lipinski definition) is 1. The summed E-state index contributed by atoms with van der Waals surface area (Å²) < 4.78 is 5.34. The van der Waals surface area contributed by atoms with E-state index in [4.69, 9.17) is 9.84 Å². The van der Waals surface area contributed by atoms with Crippen molar-refractivity contribution in [1.29, 1.82) is 0 Å². The van der Waals surface area contributed by atoms with Crippen LogP contribution in [0.5, 0.6) is 5.75 Å². The highest BCUT2D eigenvalue weighted by molar-refractivity contribution is 5.91. The third-order valence-electron chi connectivity index (χ3n) is 2.95. The zero-order valence-corrected chi connectivity index (χ0v) is 12.6. The van der Waals surface area contributed by atoms with Crippen molar-refractivity contribution in [2.45, 2.75) is 13.8 Å². The van der Waals surface area contributed by atoms with Gasteiger partial charge < -0.3 is 14.7 Å². The fourth-order valence-electron chi connectivity index (χ4n) is 1.72. The molecule has 0 saturated heterocycles. The molecule has 1 unspecified atom stereocenters. The number of nitrogens with zero attached hydrogens (tertiary/aromatic N) is 1. The van der Waals surface area contributed by atoms with Gasteiger partial charge in [-0.1, -0.05) is 19.1 Å². The Balaban J connectivity index is 2.58. The number of carboxylic acids is 1. The minimum Gasteiger partial charge on any atom is -0.494 e. The van der Waals surface area contributed by atoms with E-state index in [1.807, 2.05) is 31.2 Å². The van der Waals surface area contributed by atoms with Crippen LogP contribution in [-0.2, 0) is 9.59 Å². The lowest BCUT2D eigenvalue weighted by atomic mass is 10.1. The molecule has 5 heteroatoms. The summed E-state index contributed by atoms with van der Waals surface area (Å²) >= 11 is 0. The van der Waals surface area contributed by atoms with Gasteiger partial charge in [0, 0.05) is 19.7 Å². The summed E-state index contributed by atoms with van der Waals surface area (Å²) in [5.74, 6) is -0.937. The van der Waals surface area contributed by atoms with Crippen molar-refractivity contribution in [3.05, 3.63) is 35.9 Å². The van der Waals surface area contributed by atoms with E-state index in [-0.39, 0.29) is 12.5 Å². The Morgan fingerprint density at radius 1 is 1.33 bits per heavy atom. The van der Waals surface area contributed by atoms with Gasteiger partial charge in [-0.3, -0.25) is 9.59 Å². The van der Waals surface area contributed by atoms with E-state index in [2.05, 4.69) is 0 Å². The van der Waals surface area contributed by atoms with E-state index in [0.717, 1.165) is 11.3 Å². The van der Waals surface area contributed by atoms with Gasteiger partial charge in [-0.15, -0.1) is 0 Å². The van der Waals surface area contributed by atoms with E-state index in [1.165, 1.54) is 11.0 Å². The first-order valence-electron chi connectivity index (χ1n) is 6.83. The molecular formula is C16H21NO4. The van der Waals surface area contributed by atoms with E-state index in [0.29, 0.717) is 6.61 Å². The largest absolute Gasteiger partial charge is 0.494 e. The van der Waals surface area contributed by atoms with Gasteiger partial charge in [-0.05, 0) is 30.7 Å². The quantitative estimate of drug-likeness (QED) is 0.783. The molecule has 0 aliphatic carbocycles. The molecule has 1 amide bonds. The predicted molar refractivity (Wildman–Crippen MR) is 81.1 cm³/mol. The predicted octanol–water partition coefficient (Wildman–Crippen LogP) is 2.28. The summed E-state index contributed by atoms with van der Waals surface area (Å²) in [7, 11) is 1.59. The van der Waals surface area contributed by atoms with Gasteiger partial charge in [0.05, 0.1) is 12.5 Å². The number of carbonyl (C=O) groups is 2. The Bertz CT molecular complexity index is 508. The molecule has 1 rings (SSSR count). The lowest BCUT2D eigenvalue weighted by Gasteiger charge is -2.17. The van der Waals surface area contributed by atoms with Crippen LogP contribution >= 0.6 is 0 Å². The maximum absolute atomic E-state index is 11.9. The SMILES string of the molecule is CCOc1ccc(/C=C/C(=O)N(C)CC(C)C(=O)O)cc1. The normalized spacial score (nSPS) is 12.1. The second-order valence-electron chi connectivity index (χ2n) is 4.79. The molecule has 0 bridgehead atoms. The Morgan fingerprint density at radius 3 is 2.48 bits per heavy atom. The standard InChI is InChI=1S/C16H21NO4/c1-4-21-14-8-5-13(6-9-14)7-10-15(18)17(3)11-12(2)16(19)20/h5-10,12H,4,11H2,1-3H3,(H,19,20)/b10-7+. The lowest BCUT2D eigenvalue weighted by molar-refractivity contribution is -0.142. The summed E-state index contributed by atoms with van der Waals surface area (Å²) in [5, 5.41) is 8.82. The summed E-state index contributed by atoms with van der Waals surface area (Å²) in [6, 6.07) is 7.39. The minimum atomic E-state index is -0.912. The van der Waals surface area contributed by atoms with Crippen LogP contribution in [0.2, 0.25) is 0 Å². The van der Waals surface area contributed by atoms with Crippen molar-refractivity contribution in [2.75, 3.05) is 20.2 Å². The summed E-state index contributed by atoms with van der Waals surface area (Å²) in [4.78, 5) is 24.0. The van der Waals surface area contributed by atoms with Crippen molar-refractivity contribution in [1.82, 2.24) is 4.90 Å². The second-order valence-corrected chi connectivity index (χ2v) is 4.79. The smallest absolute Gasteiger partial charge is 0.308 e. The molecular weight excluding hydrogens is 270 g/mol. The fraction of sp³-hybridized carbons (Fsp3) is 0.375. The molecule has 1 aromatic carbocycles. The molecule has 1 atom stereocenters. The molecule has 0 spiro atoms. The molecule has 1 aromatic rings. The average Bonchev–Trinajstić information content (AvgIpc) is 2.46. The van der Waals surface area contributed by atoms with Crippen LogP contribution < -0.4 is 4.74 Å². The third kappa shape index (κ3) is 5.69. The summed E-state index contributed by atoms with van der Waals surface area (Å²) in [6.07, 6.45) is 3.13. The minimum absolute atomic E-state index is 0.182. The van der Waals surface area contributed by atoms with Gasteiger partial charge in [0.1, 0.15) is 5.75 Å². The number of likely N-dealkylation sites (N-methyl/N-ethyl adjacent to an activating group) is 1. The van der Waals surface area contributed by atoms with Crippen LogP contribution in [-0.4, -0.2) is 42.1 Å². The highest BCUT2D eigenvalue weighted by Gasteiger charge is 2.15. The summed E-state index contributed by atoms with van der Waals surface area (Å²) in [5.41, 5.74) is 0.881. The molecule has 0 saturated carbocycles. The monoisotopic (exact) mass is 291 g/mol. The van der Waals surface area contributed by atoms with Crippen LogP contribution in [0, 0.1) is 5.92 Å². The second kappa shape index (κ2) is 8.09. The molecule has 0 heterocycles. The van der Waals surface area contributed by atoms with E-state index >= 15 is 0 Å². The van der Waals surface area contributed by atoms with E-state index in [1.54, 1.807) is 20.0 Å². The van der Waals surface area contributed by atoms with Gasteiger partial charge in [0.25, 0.3) is 0 Å². The Labute approximate surface area is 124 Å². The summed E-state index contributed by atoms with van der Waals surface area (Å²) in [6.45, 7) is 4.28. The molecule has 5 nitrogen and oxygen atoms in total. The van der Waals surface area contributed by atoms with Gasteiger partial charge in [0.2, 0.25) is 5.91 Å². The van der Waals surface area contributed by atoms with Crippen LogP contribution in [0.1, 0.15) is 19.4 Å². The maximum atomic E-state index is 11.9. The Hall–Kier alpha value is -2.30. The molecule has 21 heavy (non-hydrogen) atoms. The third-order valence-corrected chi connectivity index (χ3v) is 2.95. The highest BCUT2D eigenvalue weighted by Crippen LogP contribution is 2.13. The molecule has 0 radical (unpaired) electrons. The van der Waals surface area contributed by atoms with Crippen LogP contribution in [0.4, 0.5) is 0 Å². The van der Waals surface area contributed by atoms with Crippen LogP contribution in [0.25, 0.3) is 6.08 Å². The molecule has 0 aromatic heterocycles. The number of carboxylic acid groups (broad SMARTS) is 1. The van der Waals surface area contributed by atoms with Crippen LogP contribution in [0.15, 0.2) is 30.3 Å². The number of amides is 1. The topological polar surface area (TPSA) is 66.8 Å². The van der Waals surface area contributed by atoms with Crippen molar-refractivity contribution in [2.24, 2.45) is 5.92 Å². The van der Waals surface area contributed by atoms with Crippen molar-refractivity contribution in [3.8, 4) is 5.75 Å². The molecule has 114 valence electrons. The number of benzene rings is 1. The zero-order chi connectivity index (χ0) is 15.8. The fourth-order valence-corrected chi connectivity index (χ4v) is 1.72. The van der Waals surface area contributed by atoms with Crippen LogP contribution in [0.3, 0.4) is 0 Å². The van der Waals surface area contributed by atoms with Crippen molar-refractivity contribution >= 4 is 18.0 Å². The first kappa shape index (κ1) is 16.8. The first-order chi connectivity index (χ1) is 9.93. The lowest BCUT2D eigenvalue weighted by Crippen LogP contribution is -2.32. The maximum Gasteiger partial charge on any atom is 0.308 e.